The highest BCUT2D eigenvalue weighted by Crippen LogP contribution is 2.35. The summed E-state index contributed by atoms with van der Waals surface area (Å²) < 4.78 is 11.1. The molecule has 1 unspecified atom stereocenters. The molecule has 8 nitrogen and oxygen atoms in total. The predicted molar refractivity (Wildman–Crippen MR) is 76.5 cm³/mol. The second kappa shape index (κ2) is 6.66. The molecule has 8 heteroatoms. The van der Waals surface area contributed by atoms with Gasteiger partial charge in [0.2, 0.25) is 5.82 Å². The average molecular weight is 296 g/mol. The van der Waals surface area contributed by atoms with E-state index in [0.717, 1.165) is 12.8 Å². The number of anilines is 1. The molecule has 0 saturated carbocycles. The van der Waals surface area contributed by atoms with E-state index in [0.29, 0.717) is 19.0 Å². The molecule has 1 fully saturated rings. The number of ether oxygens (including phenoxy) is 2. The summed E-state index contributed by atoms with van der Waals surface area (Å²) in [5.74, 6) is 0.822. The van der Waals surface area contributed by atoms with Crippen LogP contribution in [0.5, 0.6) is 5.88 Å². The summed E-state index contributed by atoms with van der Waals surface area (Å²) >= 11 is 0. The fourth-order valence-corrected chi connectivity index (χ4v) is 2.06. The second-order valence-electron chi connectivity index (χ2n) is 5.30. The van der Waals surface area contributed by atoms with Crippen molar-refractivity contribution in [3.8, 4) is 5.88 Å². The fourth-order valence-electron chi connectivity index (χ4n) is 2.06. The molecule has 116 valence electrons. The smallest absolute Gasteiger partial charge is 0.372 e. The number of nitrogens with one attached hydrogen (secondary N) is 1. The lowest BCUT2D eigenvalue weighted by Crippen LogP contribution is -2.13. The normalized spacial score (nSPS) is 18.0. The second-order valence-corrected chi connectivity index (χ2v) is 5.30. The van der Waals surface area contributed by atoms with Gasteiger partial charge in [0.15, 0.2) is 5.82 Å². The molecule has 1 aromatic heterocycles. The molecule has 2 rings (SSSR count). The van der Waals surface area contributed by atoms with Gasteiger partial charge in [-0.1, -0.05) is 13.8 Å². The third-order valence-electron chi connectivity index (χ3n) is 3.06. The summed E-state index contributed by atoms with van der Waals surface area (Å²) in [5, 5.41) is 14.0. The first-order valence-electron chi connectivity index (χ1n) is 7.01. The maximum absolute atomic E-state index is 11.3. The highest BCUT2D eigenvalue weighted by atomic mass is 16.6. The van der Waals surface area contributed by atoms with Crippen molar-refractivity contribution in [2.24, 2.45) is 5.92 Å². The molecule has 1 aliphatic heterocycles. The summed E-state index contributed by atoms with van der Waals surface area (Å²) in [5.41, 5.74) is -0.236. The molecule has 0 amide bonds. The van der Waals surface area contributed by atoms with Gasteiger partial charge in [-0.15, -0.1) is 0 Å². The number of nitrogens with zero attached hydrogens (tertiary/aromatic N) is 3. The van der Waals surface area contributed by atoms with Gasteiger partial charge in [-0.05, 0) is 18.8 Å². The zero-order valence-corrected chi connectivity index (χ0v) is 12.5. The van der Waals surface area contributed by atoms with E-state index < -0.39 is 4.92 Å². The first kappa shape index (κ1) is 15.4. The molecule has 21 heavy (non-hydrogen) atoms. The van der Waals surface area contributed by atoms with Crippen molar-refractivity contribution in [3.05, 3.63) is 15.9 Å². The van der Waals surface area contributed by atoms with Crippen LogP contribution in [0.3, 0.4) is 0 Å². The Hall–Kier alpha value is -1.96. The third kappa shape index (κ3) is 3.57. The van der Waals surface area contributed by atoms with Gasteiger partial charge < -0.3 is 14.8 Å². The first-order valence-corrected chi connectivity index (χ1v) is 7.01. The lowest BCUT2D eigenvalue weighted by Gasteiger charge is -2.14. The van der Waals surface area contributed by atoms with Crippen LogP contribution in [-0.2, 0) is 4.74 Å². The van der Waals surface area contributed by atoms with E-state index in [1.54, 1.807) is 7.05 Å². The number of nitro groups is 1. The van der Waals surface area contributed by atoms with E-state index in [1.165, 1.54) is 0 Å². The summed E-state index contributed by atoms with van der Waals surface area (Å²) in [4.78, 5) is 19.2. The summed E-state index contributed by atoms with van der Waals surface area (Å²) in [6.07, 6.45) is 1.52. The molecule has 1 N–H and O–H groups in total. The summed E-state index contributed by atoms with van der Waals surface area (Å²) in [7, 11) is 1.58. The molecule has 0 aliphatic carbocycles. The largest absolute Gasteiger partial charge is 0.472 e. The molecular formula is C13H20N4O4. The van der Waals surface area contributed by atoms with Crippen molar-refractivity contribution in [2.75, 3.05) is 25.6 Å². The minimum Gasteiger partial charge on any atom is -0.472 e. The van der Waals surface area contributed by atoms with Crippen molar-refractivity contribution in [1.82, 2.24) is 9.97 Å². The standard InChI is InChI=1S/C13H20N4O4/c1-8(2)7-21-13-10(17(18)19)12(14-3)15-11(16-13)9-5-4-6-20-9/h8-9H,4-7H2,1-3H3,(H,14,15,16). The molecule has 0 radical (unpaired) electrons. The van der Waals surface area contributed by atoms with Crippen LogP contribution in [0.15, 0.2) is 0 Å². The van der Waals surface area contributed by atoms with Crippen molar-refractivity contribution in [1.29, 1.82) is 0 Å². The zero-order valence-electron chi connectivity index (χ0n) is 12.5. The number of aromatic nitrogens is 2. The van der Waals surface area contributed by atoms with Gasteiger partial charge in [0, 0.05) is 13.7 Å². The Bertz CT molecular complexity index is 515. The van der Waals surface area contributed by atoms with E-state index in [1.807, 2.05) is 13.8 Å². The van der Waals surface area contributed by atoms with E-state index >= 15 is 0 Å². The Balaban J connectivity index is 2.40. The Morgan fingerprint density at radius 3 is 2.81 bits per heavy atom. The highest BCUT2D eigenvalue weighted by Gasteiger charge is 2.30. The SMILES string of the molecule is CNc1nc(C2CCCO2)nc(OCC(C)C)c1[N+](=O)[O-]. The molecule has 0 bridgehead atoms. The molecule has 1 saturated heterocycles. The number of hydrogen-bond donors (Lipinski definition) is 1. The van der Waals surface area contributed by atoms with Gasteiger partial charge in [0.25, 0.3) is 5.88 Å². The first-order chi connectivity index (χ1) is 10.0. The maximum atomic E-state index is 11.3. The highest BCUT2D eigenvalue weighted by molar-refractivity contribution is 5.61. The van der Waals surface area contributed by atoms with Crippen LogP contribution in [-0.4, -0.2) is 35.2 Å². The van der Waals surface area contributed by atoms with Crippen LogP contribution in [0, 0.1) is 16.0 Å². The van der Waals surface area contributed by atoms with Crippen molar-refractivity contribution in [2.45, 2.75) is 32.8 Å². The minimum atomic E-state index is -0.527. The van der Waals surface area contributed by atoms with Crippen LogP contribution < -0.4 is 10.1 Å². The molecule has 1 atom stereocenters. The third-order valence-corrected chi connectivity index (χ3v) is 3.06. The van der Waals surface area contributed by atoms with Crippen LogP contribution in [0.1, 0.15) is 38.6 Å². The molecule has 1 aliphatic rings. The van der Waals surface area contributed by atoms with Gasteiger partial charge in [-0.3, -0.25) is 10.1 Å². The molecule has 0 aromatic carbocycles. The molecule has 0 spiro atoms. The monoisotopic (exact) mass is 296 g/mol. The predicted octanol–water partition coefficient (Wildman–Crippen LogP) is 2.31. The fraction of sp³-hybridized carbons (Fsp3) is 0.692. The Kier molecular flexibility index (Phi) is 4.89. The van der Waals surface area contributed by atoms with Crippen LogP contribution >= 0.6 is 0 Å². The van der Waals surface area contributed by atoms with Crippen LogP contribution in [0.4, 0.5) is 11.5 Å². The van der Waals surface area contributed by atoms with Crippen molar-refractivity contribution in [3.63, 3.8) is 0 Å². The van der Waals surface area contributed by atoms with Gasteiger partial charge in [0.05, 0.1) is 11.5 Å². The van der Waals surface area contributed by atoms with Crippen molar-refractivity contribution < 1.29 is 14.4 Å². The minimum absolute atomic E-state index is 0.00134. The zero-order chi connectivity index (χ0) is 15.4. The lowest BCUT2D eigenvalue weighted by molar-refractivity contribution is -0.385. The lowest BCUT2D eigenvalue weighted by atomic mass is 10.2. The van der Waals surface area contributed by atoms with Crippen LogP contribution in [0.2, 0.25) is 0 Å². The Morgan fingerprint density at radius 2 is 2.29 bits per heavy atom. The van der Waals surface area contributed by atoms with Gasteiger partial charge in [-0.25, -0.2) is 4.98 Å². The van der Waals surface area contributed by atoms with E-state index in [4.69, 9.17) is 9.47 Å². The Labute approximate surface area is 123 Å². The Morgan fingerprint density at radius 1 is 1.52 bits per heavy atom. The molecule has 1 aromatic rings. The average Bonchev–Trinajstić information content (AvgIpc) is 2.97. The summed E-state index contributed by atoms with van der Waals surface area (Å²) in [6.45, 7) is 4.94. The number of rotatable bonds is 6. The van der Waals surface area contributed by atoms with Gasteiger partial charge in [0.1, 0.15) is 6.10 Å². The van der Waals surface area contributed by atoms with E-state index in [2.05, 4.69) is 15.3 Å². The quantitative estimate of drug-likeness (QED) is 0.635. The van der Waals surface area contributed by atoms with Gasteiger partial charge in [-0.2, -0.15) is 4.98 Å². The number of hydrogen-bond acceptors (Lipinski definition) is 7. The maximum Gasteiger partial charge on any atom is 0.372 e. The van der Waals surface area contributed by atoms with E-state index in [-0.39, 0.29) is 29.4 Å². The van der Waals surface area contributed by atoms with Crippen LogP contribution in [0.25, 0.3) is 0 Å². The molecular weight excluding hydrogens is 276 g/mol. The van der Waals surface area contributed by atoms with Gasteiger partial charge >= 0.3 is 5.69 Å². The van der Waals surface area contributed by atoms with E-state index in [9.17, 15) is 10.1 Å². The molecule has 2 heterocycles. The van der Waals surface area contributed by atoms with Crippen molar-refractivity contribution >= 4 is 11.5 Å². The summed E-state index contributed by atoms with van der Waals surface area (Å²) in [6, 6.07) is 0. The topological polar surface area (TPSA) is 99.4 Å².